The molecule has 39 heavy (non-hydrogen) atoms. The molecule has 1 aliphatic heterocycles. The van der Waals surface area contributed by atoms with Gasteiger partial charge in [-0.05, 0) is 78.3 Å². The summed E-state index contributed by atoms with van der Waals surface area (Å²) in [5, 5.41) is 7.61. The molecule has 208 valence electrons. The topological polar surface area (TPSA) is 71.4 Å². The van der Waals surface area contributed by atoms with Crippen molar-refractivity contribution in [3.8, 4) is 11.1 Å². The normalized spacial score (nSPS) is 16.6. The molecule has 0 aliphatic carbocycles. The molecule has 4 rings (SSSR count). The molecule has 0 amide bonds. The molecule has 0 bridgehead atoms. The van der Waals surface area contributed by atoms with Crippen molar-refractivity contribution in [2.45, 2.75) is 52.6 Å². The third-order valence-corrected chi connectivity index (χ3v) is 6.94. The van der Waals surface area contributed by atoms with Crippen molar-refractivity contribution in [3.05, 3.63) is 78.4 Å². The van der Waals surface area contributed by atoms with Crippen LogP contribution in [0.5, 0.6) is 0 Å². The summed E-state index contributed by atoms with van der Waals surface area (Å²) in [5.41, 5.74) is 5.95. The van der Waals surface area contributed by atoms with Crippen molar-refractivity contribution in [2.24, 2.45) is 4.99 Å². The summed E-state index contributed by atoms with van der Waals surface area (Å²) in [7, 11) is 1.77. The number of hydrogen-bond acceptors (Lipinski definition) is 6. The van der Waals surface area contributed by atoms with Gasteiger partial charge in [0.05, 0.1) is 18.2 Å². The molecule has 2 atom stereocenters. The van der Waals surface area contributed by atoms with Crippen LogP contribution in [0.15, 0.2) is 72.0 Å². The van der Waals surface area contributed by atoms with Gasteiger partial charge in [0.15, 0.2) is 0 Å². The molecule has 3 aromatic rings. The first kappa shape index (κ1) is 30.1. The second-order valence-corrected chi connectivity index (χ2v) is 9.82. The minimum absolute atomic E-state index is 0.243. The number of anilines is 1. The van der Waals surface area contributed by atoms with E-state index in [-0.39, 0.29) is 5.82 Å². The highest BCUT2D eigenvalue weighted by molar-refractivity contribution is 5.95. The number of hydrogen-bond donors (Lipinski definition) is 2. The molecular formula is C32H42FN5O. The van der Waals surface area contributed by atoms with Crippen LogP contribution >= 0.6 is 0 Å². The van der Waals surface area contributed by atoms with E-state index < -0.39 is 0 Å². The van der Waals surface area contributed by atoms with Gasteiger partial charge < -0.3 is 15.4 Å². The summed E-state index contributed by atoms with van der Waals surface area (Å²) in [6.07, 6.45) is 8.09. The lowest BCUT2D eigenvalue weighted by Crippen LogP contribution is -2.37. The molecule has 2 unspecified atom stereocenters. The van der Waals surface area contributed by atoms with Crippen LogP contribution in [0.2, 0.25) is 0 Å². The number of fused-ring (bicyclic) bond motifs is 1. The zero-order valence-electron chi connectivity index (χ0n) is 23.9. The first-order valence-corrected chi connectivity index (χ1v) is 13.8. The number of morpholine rings is 1. The van der Waals surface area contributed by atoms with Crippen molar-refractivity contribution in [1.29, 1.82) is 0 Å². The van der Waals surface area contributed by atoms with E-state index in [9.17, 15) is 4.39 Å². The Labute approximate surface area is 232 Å². The fourth-order valence-corrected chi connectivity index (χ4v) is 4.19. The van der Waals surface area contributed by atoms with Gasteiger partial charge in [-0.2, -0.15) is 0 Å². The highest BCUT2D eigenvalue weighted by atomic mass is 19.1. The summed E-state index contributed by atoms with van der Waals surface area (Å²) in [4.78, 5) is 13.2. The number of nitrogens with one attached hydrogen (secondary N) is 2. The molecule has 6 nitrogen and oxygen atoms in total. The lowest BCUT2D eigenvalue weighted by Gasteiger charge is -2.21. The fourth-order valence-electron chi connectivity index (χ4n) is 4.19. The molecule has 1 fully saturated rings. The van der Waals surface area contributed by atoms with E-state index in [0.717, 1.165) is 71.7 Å². The van der Waals surface area contributed by atoms with Crippen molar-refractivity contribution >= 4 is 22.4 Å². The number of rotatable bonds is 9. The van der Waals surface area contributed by atoms with Crippen LogP contribution in [0, 0.1) is 5.82 Å². The summed E-state index contributed by atoms with van der Waals surface area (Å²) in [5.74, 6) is 0.848. The Morgan fingerprint density at radius 3 is 2.59 bits per heavy atom. The van der Waals surface area contributed by atoms with Crippen molar-refractivity contribution in [3.63, 3.8) is 0 Å². The Balaban J connectivity index is 0.000000449. The number of ether oxygens (including phenoxy) is 1. The van der Waals surface area contributed by atoms with Gasteiger partial charge in [-0.25, -0.2) is 14.4 Å². The highest BCUT2D eigenvalue weighted by Crippen LogP contribution is 2.34. The lowest BCUT2D eigenvalue weighted by molar-refractivity contribution is 0.0267. The van der Waals surface area contributed by atoms with Crippen LogP contribution in [0.4, 0.5) is 10.2 Å². The lowest BCUT2D eigenvalue weighted by atomic mass is 9.91. The van der Waals surface area contributed by atoms with E-state index in [0.29, 0.717) is 18.6 Å². The highest BCUT2D eigenvalue weighted by Gasteiger charge is 2.15. The fraction of sp³-hybridized carbons (Fsp3) is 0.406. The average Bonchev–Trinajstić information content (AvgIpc) is 2.98. The van der Waals surface area contributed by atoms with Gasteiger partial charge in [0.25, 0.3) is 0 Å². The molecule has 0 spiro atoms. The maximum atomic E-state index is 13.4. The number of nitrogens with zero attached hydrogens (tertiary/aromatic N) is 3. The van der Waals surface area contributed by atoms with Crippen molar-refractivity contribution in [1.82, 2.24) is 15.3 Å². The minimum atomic E-state index is -0.243. The number of allylic oxidation sites excluding steroid dienone is 1. The summed E-state index contributed by atoms with van der Waals surface area (Å²) >= 11 is 0. The van der Waals surface area contributed by atoms with E-state index in [4.69, 9.17) is 4.74 Å². The van der Waals surface area contributed by atoms with E-state index in [1.165, 1.54) is 17.7 Å². The Morgan fingerprint density at radius 1 is 1.21 bits per heavy atom. The second kappa shape index (κ2) is 15.2. The van der Waals surface area contributed by atoms with Gasteiger partial charge in [-0.3, -0.25) is 4.99 Å². The number of aromatic nitrogens is 2. The molecule has 2 aromatic carbocycles. The molecule has 2 N–H and O–H groups in total. The zero-order chi connectivity index (χ0) is 28.2. The predicted octanol–water partition coefficient (Wildman–Crippen LogP) is 6.95. The molecule has 0 saturated carbocycles. The summed E-state index contributed by atoms with van der Waals surface area (Å²) in [6.45, 7) is 16.1. The smallest absolute Gasteiger partial charge is 0.137 e. The van der Waals surface area contributed by atoms with Crippen LogP contribution in [0.25, 0.3) is 22.0 Å². The van der Waals surface area contributed by atoms with Crippen LogP contribution in [0.3, 0.4) is 0 Å². The third-order valence-electron chi connectivity index (χ3n) is 6.94. The molecule has 7 heteroatoms. The Morgan fingerprint density at radius 2 is 1.97 bits per heavy atom. The Bertz CT molecular complexity index is 1280. The van der Waals surface area contributed by atoms with Crippen LogP contribution in [-0.4, -0.2) is 55.1 Å². The third kappa shape index (κ3) is 8.80. The maximum absolute atomic E-state index is 13.4. The van der Waals surface area contributed by atoms with Gasteiger partial charge in [-0.15, -0.1) is 0 Å². The number of halogens is 1. The van der Waals surface area contributed by atoms with Crippen LogP contribution < -0.4 is 10.6 Å². The predicted molar refractivity (Wildman–Crippen MR) is 162 cm³/mol. The van der Waals surface area contributed by atoms with Gasteiger partial charge >= 0.3 is 0 Å². The largest absolute Gasteiger partial charge is 0.376 e. The molecule has 1 saturated heterocycles. The SMILES string of the molecule is C=C(/C=C\C(C)=NC)CNc1ncnc2c(C(C)CC)cc(-c3ccc(F)cc3)cc12.CCC1CNCCO1. The number of aliphatic imine (C=N–C) groups is 1. The van der Waals surface area contributed by atoms with E-state index in [1.54, 1.807) is 25.5 Å². The molecule has 1 aliphatic rings. The maximum Gasteiger partial charge on any atom is 0.137 e. The standard InChI is InChI=1S/C26H29FN4.C6H13NO/c1-6-18(3)23-13-21(20-9-11-22(27)12-10-20)14-24-25(23)30-16-31-26(24)29-15-17(2)7-8-19(4)28-5;1-2-6-5-7-3-4-8-6/h7-14,16,18H,2,6,15H2,1,3-5H3,(H,29,30,31);6-7H,2-5H2,1H3/b8-7-,28-19?;. The molecule has 2 heterocycles. The molecule has 0 radical (unpaired) electrons. The van der Waals surface area contributed by atoms with E-state index >= 15 is 0 Å². The molecule has 1 aromatic heterocycles. The van der Waals surface area contributed by atoms with Crippen molar-refractivity contribution in [2.75, 3.05) is 38.6 Å². The monoisotopic (exact) mass is 531 g/mol. The number of benzene rings is 2. The van der Waals surface area contributed by atoms with Gasteiger partial charge in [0.2, 0.25) is 0 Å². The molecular weight excluding hydrogens is 489 g/mol. The van der Waals surface area contributed by atoms with Crippen LogP contribution in [-0.2, 0) is 4.74 Å². The average molecular weight is 532 g/mol. The quantitative estimate of drug-likeness (QED) is 0.231. The van der Waals surface area contributed by atoms with Gasteiger partial charge in [0.1, 0.15) is 18.0 Å². The van der Waals surface area contributed by atoms with E-state index in [1.807, 2.05) is 19.1 Å². The van der Waals surface area contributed by atoms with Gasteiger partial charge in [-0.1, -0.05) is 45.6 Å². The Kier molecular flexibility index (Phi) is 11.8. The first-order chi connectivity index (χ1) is 18.9. The summed E-state index contributed by atoms with van der Waals surface area (Å²) < 4.78 is 18.8. The first-order valence-electron chi connectivity index (χ1n) is 13.8. The van der Waals surface area contributed by atoms with Crippen LogP contribution in [0.1, 0.15) is 52.0 Å². The van der Waals surface area contributed by atoms with E-state index in [2.05, 4.69) is 65.1 Å². The Hall–Kier alpha value is -3.42. The second-order valence-electron chi connectivity index (χ2n) is 9.82. The van der Waals surface area contributed by atoms with Gasteiger partial charge in [0, 0.05) is 37.8 Å². The zero-order valence-corrected chi connectivity index (χ0v) is 23.9. The van der Waals surface area contributed by atoms with Crippen molar-refractivity contribution < 1.29 is 9.13 Å². The minimum Gasteiger partial charge on any atom is -0.376 e. The summed E-state index contributed by atoms with van der Waals surface area (Å²) in [6, 6.07) is 10.8.